The van der Waals surface area contributed by atoms with Gasteiger partial charge in [-0.15, -0.1) is 0 Å². The van der Waals surface area contributed by atoms with Gasteiger partial charge in [-0.25, -0.2) is 0 Å². The summed E-state index contributed by atoms with van der Waals surface area (Å²) >= 11 is 0. The fourth-order valence-corrected chi connectivity index (χ4v) is 2.26. The molecule has 126 valence electrons. The Morgan fingerprint density at radius 3 is 2.04 bits per heavy atom. The summed E-state index contributed by atoms with van der Waals surface area (Å²) in [6.45, 7) is 0.426. The smallest absolute Gasteiger partial charge is 0.250 e. The number of para-hydroxylation sites is 1. The van der Waals surface area contributed by atoms with Gasteiger partial charge >= 0.3 is 0 Å². The molecule has 0 radical (unpaired) electrons. The summed E-state index contributed by atoms with van der Waals surface area (Å²) in [6.07, 6.45) is 0. The second kappa shape index (κ2) is 8.66. The summed E-state index contributed by atoms with van der Waals surface area (Å²) in [4.78, 5) is 11.9. The minimum atomic E-state index is -0.187. The third kappa shape index (κ3) is 5.48. The quantitative estimate of drug-likeness (QED) is 0.685. The zero-order valence-electron chi connectivity index (χ0n) is 13.7. The van der Waals surface area contributed by atoms with E-state index in [1.165, 1.54) is 0 Å². The molecule has 0 aromatic heterocycles. The Kier molecular flexibility index (Phi) is 5.80. The maximum atomic E-state index is 11.9. The molecule has 0 aliphatic carbocycles. The van der Waals surface area contributed by atoms with Crippen LogP contribution in [0.25, 0.3) is 0 Å². The highest BCUT2D eigenvalue weighted by Crippen LogP contribution is 2.22. The van der Waals surface area contributed by atoms with Gasteiger partial charge in [-0.3, -0.25) is 4.79 Å². The van der Waals surface area contributed by atoms with E-state index in [1.54, 1.807) is 12.1 Å². The molecule has 25 heavy (non-hydrogen) atoms. The van der Waals surface area contributed by atoms with Gasteiger partial charge < -0.3 is 14.8 Å². The molecular formula is C21H19NO3. The summed E-state index contributed by atoms with van der Waals surface area (Å²) < 4.78 is 11.1. The summed E-state index contributed by atoms with van der Waals surface area (Å²) in [7, 11) is 0. The monoisotopic (exact) mass is 333 g/mol. The highest BCUT2D eigenvalue weighted by molar-refractivity contribution is 5.91. The number of benzene rings is 3. The molecule has 0 saturated carbocycles. The van der Waals surface area contributed by atoms with Crippen molar-refractivity contribution < 1.29 is 14.3 Å². The lowest BCUT2D eigenvalue weighted by Gasteiger charge is -2.08. The van der Waals surface area contributed by atoms with Crippen LogP contribution in [0.3, 0.4) is 0 Å². The maximum absolute atomic E-state index is 11.9. The van der Waals surface area contributed by atoms with E-state index in [0.29, 0.717) is 18.0 Å². The predicted octanol–water partition coefficient (Wildman–Crippen LogP) is 4.63. The predicted molar refractivity (Wildman–Crippen MR) is 97.7 cm³/mol. The van der Waals surface area contributed by atoms with Crippen molar-refractivity contribution in [2.45, 2.75) is 6.61 Å². The van der Waals surface area contributed by atoms with Crippen LogP contribution in [0.2, 0.25) is 0 Å². The van der Waals surface area contributed by atoms with Crippen LogP contribution in [0, 0.1) is 0 Å². The third-order valence-electron chi connectivity index (χ3n) is 3.46. The van der Waals surface area contributed by atoms with Crippen molar-refractivity contribution >= 4 is 11.6 Å². The largest absolute Gasteiger partial charge is 0.457 e. The topological polar surface area (TPSA) is 47.6 Å². The summed E-state index contributed by atoms with van der Waals surface area (Å²) in [5, 5.41) is 2.80. The Hall–Kier alpha value is -3.11. The Bertz CT molecular complexity index is 786. The first-order chi connectivity index (χ1) is 12.3. The van der Waals surface area contributed by atoms with Crippen LogP contribution in [0.4, 0.5) is 5.69 Å². The van der Waals surface area contributed by atoms with E-state index in [1.807, 2.05) is 72.8 Å². The fraction of sp³-hybridized carbons (Fsp3) is 0.0952. The van der Waals surface area contributed by atoms with Crippen LogP contribution in [0.1, 0.15) is 5.56 Å². The third-order valence-corrected chi connectivity index (χ3v) is 3.46. The maximum Gasteiger partial charge on any atom is 0.250 e. The number of anilines is 1. The Balaban J connectivity index is 1.45. The number of ether oxygens (including phenoxy) is 2. The molecule has 0 spiro atoms. The average molecular weight is 333 g/mol. The number of rotatable bonds is 7. The van der Waals surface area contributed by atoms with Crippen molar-refractivity contribution in [1.29, 1.82) is 0 Å². The molecule has 1 amide bonds. The van der Waals surface area contributed by atoms with Crippen LogP contribution in [-0.4, -0.2) is 12.5 Å². The molecule has 0 fully saturated rings. The lowest BCUT2D eigenvalue weighted by molar-refractivity contribution is -0.121. The Labute approximate surface area is 147 Å². The molecule has 3 rings (SSSR count). The highest BCUT2D eigenvalue weighted by atomic mass is 16.5. The molecule has 4 nitrogen and oxygen atoms in total. The molecule has 4 heteroatoms. The van der Waals surface area contributed by atoms with Gasteiger partial charge in [-0.1, -0.05) is 48.5 Å². The zero-order valence-corrected chi connectivity index (χ0v) is 13.7. The number of carbonyl (C=O) groups excluding carboxylic acids is 1. The number of hydrogen-bond acceptors (Lipinski definition) is 3. The lowest BCUT2D eigenvalue weighted by Crippen LogP contribution is -2.18. The molecule has 0 bridgehead atoms. The average Bonchev–Trinajstić information content (AvgIpc) is 2.65. The molecule has 3 aromatic rings. The van der Waals surface area contributed by atoms with E-state index in [4.69, 9.17) is 9.47 Å². The van der Waals surface area contributed by atoms with Gasteiger partial charge in [-0.2, -0.15) is 0 Å². The molecule has 0 unspecified atom stereocenters. The molecule has 1 N–H and O–H groups in total. The fourth-order valence-electron chi connectivity index (χ4n) is 2.26. The van der Waals surface area contributed by atoms with Crippen molar-refractivity contribution in [1.82, 2.24) is 0 Å². The van der Waals surface area contributed by atoms with Crippen LogP contribution in [0.5, 0.6) is 11.5 Å². The van der Waals surface area contributed by atoms with Crippen molar-refractivity contribution in [3.05, 3.63) is 90.5 Å². The van der Waals surface area contributed by atoms with Gasteiger partial charge in [0.05, 0.1) is 6.61 Å². The molecule has 0 heterocycles. The van der Waals surface area contributed by atoms with E-state index < -0.39 is 0 Å². The van der Waals surface area contributed by atoms with Crippen molar-refractivity contribution in [3.63, 3.8) is 0 Å². The van der Waals surface area contributed by atoms with Gasteiger partial charge in [0.15, 0.2) is 0 Å². The van der Waals surface area contributed by atoms with E-state index in [2.05, 4.69) is 5.32 Å². The second-order valence-corrected chi connectivity index (χ2v) is 5.47. The van der Waals surface area contributed by atoms with Gasteiger partial charge in [-0.05, 0) is 42.0 Å². The van der Waals surface area contributed by atoms with Crippen LogP contribution < -0.4 is 10.1 Å². The van der Waals surface area contributed by atoms with Gasteiger partial charge in [0.2, 0.25) is 5.91 Å². The van der Waals surface area contributed by atoms with E-state index >= 15 is 0 Å². The van der Waals surface area contributed by atoms with Gasteiger partial charge in [0.1, 0.15) is 18.1 Å². The number of carbonyl (C=O) groups is 1. The first-order valence-corrected chi connectivity index (χ1v) is 8.04. The normalized spacial score (nSPS) is 10.2. The summed E-state index contributed by atoms with van der Waals surface area (Å²) in [6, 6.07) is 26.5. The zero-order chi connectivity index (χ0) is 17.3. The van der Waals surface area contributed by atoms with Crippen molar-refractivity contribution in [2.24, 2.45) is 0 Å². The Morgan fingerprint density at radius 1 is 0.760 bits per heavy atom. The van der Waals surface area contributed by atoms with Gasteiger partial charge in [0.25, 0.3) is 0 Å². The van der Waals surface area contributed by atoms with Crippen molar-refractivity contribution in [3.8, 4) is 11.5 Å². The van der Waals surface area contributed by atoms with E-state index in [9.17, 15) is 4.79 Å². The summed E-state index contributed by atoms with van der Waals surface area (Å²) in [5.41, 5.74) is 1.74. The first-order valence-electron chi connectivity index (χ1n) is 8.04. The minimum absolute atomic E-state index is 0.0111. The SMILES string of the molecule is O=C(COCc1ccccc1)Nc1ccc(Oc2ccccc2)cc1. The van der Waals surface area contributed by atoms with Crippen LogP contribution >= 0.6 is 0 Å². The molecule has 0 aliphatic heterocycles. The number of nitrogens with one attached hydrogen (secondary N) is 1. The molecule has 3 aromatic carbocycles. The number of hydrogen-bond donors (Lipinski definition) is 1. The van der Waals surface area contributed by atoms with Crippen LogP contribution in [-0.2, 0) is 16.1 Å². The van der Waals surface area contributed by atoms with Crippen LogP contribution in [0.15, 0.2) is 84.9 Å². The molecule has 0 atom stereocenters. The second-order valence-electron chi connectivity index (χ2n) is 5.47. The standard InChI is InChI=1S/C21H19NO3/c23-21(16-24-15-17-7-3-1-4-8-17)22-18-11-13-20(14-12-18)25-19-9-5-2-6-10-19/h1-14H,15-16H2,(H,22,23). The van der Waals surface area contributed by atoms with Crippen molar-refractivity contribution in [2.75, 3.05) is 11.9 Å². The molecular weight excluding hydrogens is 314 g/mol. The minimum Gasteiger partial charge on any atom is -0.457 e. The summed E-state index contributed by atoms with van der Waals surface area (Å²) in [5.74, 6) is 1.30. The van der Waals surface area contributed by atoms with E-state index in [-0.39, 0.29) is 12.5 Å². The Morgan fingerprint density at radius 2 is 1.36 bits per heavy atom. The number of amides is 1. The molecule has 0 aliphatic rings. The molecule has 0 saturated heterocycles. The first kappa shape index (κ1) is 16.7. The highest BCUT2D eigenvalue weighted by Gasteiger charge is 2.04. The van der Waals surface area contributed by atoms with Gasteiger partial charge in [0, 0.05) is 5.69 Å². The van der Waals surface area contributed by atoms with E-state index in [0.717, 1.165) is 11.3 Å². The lowest BCUT2D eigenvalue weighted by atomic mass is 10.2.